The summed E-state index contributed by atoms with van der Waals surface area (Å²) in [5, 5.41) is 15.8. The number of rotatable bonds is 7. The van der Waals surface area contributed by atoms with E-state index in [4.69, 9.17) is 9.15 Å². The van der Waals surface area contributed by atoms with E-state index in [1.807, 2.05) is 24.3 Å². The number of amides is 2. The molecule has 0 saturated heterocycles. The standard InChI is InChI=1S/C18H24N2O4/c1-13-4-9-16(24-13)18(2,22)12-20-17(21)19-11-10-14-5-7-15(23-3)8-6-14/h4-9,22H,10-12H2,1-3H3,(H2,19,20,21)/t18-/m0/s1. The molecular weight excluding hydrogens is 308 g/mol. The number of benzene rings is 1. The predicted molar refractivity (Wildman–Crippen MR) is 91.1 cm³/mol. The molecule has 0 saturated carbocycles. The third-order valence-electron chi connectivity index (χ3n) is 3.72. The molecule has 130 valence electrons. The lowest BCUT2D eigenvalue weighted by Gasteiger charge is -2.21. The van der Waals surface area contributed by atoms with Gasteiger partial charge in [0.1, 0.15) is 22.9 Å². The smallest absolute Gasteiger partial charge is 0.314 e. The highest BCUT2D eigenvalue weighted by molar-refractivity contribution is 5.73. The van der Waals surface area contributed by atoms with Crippen LogP contribution in [0.4, 0.5) is 4.79 Å². The van der Waals surface area contributed by atoms with Gasteiger partial charge >= 0.3 is 6.03 Å². The van der Waals surface area contributed by atoms with Crippen LogP contribution in [0.25, 0.3) is 0 Å². The van der Waals surface area contributed by atoms with E-state index in [1.54, 1.807) is 33.1 Å². The molecule has 0 spiro atoms. The number of urea groups is 1. The van der Waals surface area contributed by atoms with Crippen LogP contribution in [0.3, 0.4) is 0 Å². The molecule has 0 radical (unpaired) electrons. The van der Waals surface area contributed by atoms with Crippen LogP contribution < -0.4 is 15.4 Å². The molecule has 0 bridgehead atoms. The fourth-order valence-corrected chi connectivity index (χ4v) is 2.24. The van der Waals surface area contributed by atoms with Crippen LogP contribution in [-0.4, -0.2) is 31.3 Å². The molecule has 0 aliphatic rings. The predicted octanol–water partition coefficient (Wildman–Crippen LogP) is 2.35. The van der Waals surface area contributed by atoms with E-state index in [9.17, 15) is 9.90 Å². The Hall–Kier alpha value is -2.47. The Morgan fingerprint density at radius 1 is 1.21 bits per heavy atom. The highest BCUT2D eigenvalue weighted by Gasteiger charge is 2.27. The van der Waals surface area contributed by atoms with Crippen molar-refractivity contribution in [3.63, 3.8) is 0 Å². The van der Waals surface area contributed by atoms with Crippen LogP contribution in [0.15, 0.2) is 40.8 Å². The first kappa shape index (κ1) is 17.9. The van der Waals surface area contributed by atoms with Crippen molar-refractivity contribution in [1.29, 1.82) is 0 Å². The number of ether oxygens (including phenoxy) is 1. The van der Waals surface area contributed by atoms with Crippen molar-refractivity contribution in [2.45, 2.75) is 25.9 Å². The summed E-state index contributed by atoms with van der Waals surface area (Å²) in [6, 6.07) is 10.9. The minimum Gasteiger partial charge on any atom is -0.497 e. The Kier molecular flexibility index (Phi) is 5.87. The summed E-state index contributed by atoms with van der Waals surface area (Å²) in [5.41, 5.74) is -0.143. The maximum absolute atomic E-state index is 11.8. The lowest BCUT2D eigenvalue weighted by atomic mass is 10.0. The molecule has 2 rings (SSSR count). The first-order chi connectivity index (χ1) is 11.4. The Morgan fingerprint density at radius 3 is 2.50 bits per heavy atom. The van der Waals surface area contributed by atoms with Crippen molar-refractivity contribution in [2.75, 3.05) is 20.2 Å². The Labute approximate surface area is 141 Å². The Balaban J connectivity index is 1.73. The lowest BCUT2D eigenvalue weighted by Crippen LogP contribution is -2.43. The van der Waals surface area contributed by atoms with Crippen LogP contribution in [0.1, 0.15) is 24.0 Å². The molecule has 24 heavy (non-hydrogen) atoms. The van der Waals surface area contributed by atoms with E-state index in [0.717, 1.165) is 11.3 Å². The molecule has 2 aromatic rings. The second-order valence-corrected chi connectivity index (χ2v) is 5.89. The summed E-state index contributed by atoms with van der Waals surface area (Å²) >= 11 is 0. The van der Waals surface area contributed by atoms with Gasteiger partial charge < -0.3 is 24.9 Å². The zero-order valence-electron chi connectivity index (χ0n) is 14.3. The summed E-state index contributed by atoms with van der Waals surface area (Å²) in [5.74, 6) is 1.95. The summed E-state index contributed by atoms with van der Waals surface area (Å²) in [4.78, 5) is 11.8. The largest absolute Gasteiger partial charge is 0.497 e. The van der Waals surface area contributed by atoms with Gasteiger partial charge in [-0.25, -0.2) is 4.79 Å². The van der Waals surface area contributed by atoms with Crippen LogP contribution in [0.5, 0.6) is 5.75 Å². The first-order valence-electron chi connectivity index (χ1n) is 7.84. The monoisotopic (exact) mass is 332 g/mol. The first-order valence-corrected chi connectivity index (χ1v) is 7.84. The summed E-state index contributed by atoms with van der Waals surface area (Å²) in [6.45, 7) is 3.97. The van der Waals surface area contributed by atoms with Gasteiger partial charge in [-0.05, 0) is 50.1 Å². The fraction of sp³-hybridized carbons (Fsp3) is 0.389. The van der Waals surface area contributed by atoms with E-state index in [1.165, 1.54) is 0 Å². The van der Waals surface area contributed by atoms with Gasteiger partial charge in [0.05, 0.1) is 13.7 Å². The minimum absolute atomic E-state index is 0.0638. The van der Waals surface area contributed by atoms with Gasteiger partial charge in [0.2, 0.25) is 0 Å². The maximum atomic E-state index is 11.8. The van der Waals surface area contributed by atoms with Crippen molar-refractivity contribution in [3.8, 4) is 5.75 Å². The summed E-state index contributed by atoms with van der Waals surface area (Å²) < 4.78 is 10.5. The molecule has 1 heterocycles. The van der Waals surface area contributed by atoms with Gasteiger partial charge in [0.25, 0.3) is 0 Å². The number of furan rings is 1. The van der Waals surface area contributed by atoms with E-state index < -0.39 is 5.60 Å². The van der Waals surface area contributed by atoms with E-state index >= 15 is 0 Å². The second kappa shape index (κ2) is 7.88. The molecular formula is C18H24N2O4. The molecule has 0 unspecified atom stereocenters. The molecule has 1 aromatic carbocycles. The Morgan fingerprint density at radius 2 is 1.92 bits per heavy atom. The molecule has 6 heteroatoms. The van der Waals surface area contributed by atoms with E-state index in [2.05, 4.69) is 10.6 Å². The number of hydrogen-bond donors (Lipinski definition) is 3. The molecule has 0 fully saturated rings. The zero-order chi connectivity index (χ0) is 17.6. The normalized spacial score (nSPS) is 13.2. The Bertz CT molecular complexity index is 662. The molecule has 2 amide bonds. The number of hydrogen-bond acceptors (Lipinski definition) is 4. The number of carbonyl (C=O) groups excluding carboxylic acids is 1. The van der Waals surface area contributed by atoms with Crippen LogP contribution in [0, 0.1) is 6.92 Å². The highest BCUT2D eigenvalue weighted by atomic mass is 16.5. The molecule has 0 aliphatic carbocycles. The van der Waals surface area contributed by atoms with Gasteiger partial charge in [-0.1, -0.05) is 12.1 Å². The number of nitrogens with one attached hydrogen (secondary N) is 2. The maximum Gasteiger partial charge on any atom is 0.314 e. The third kappa shape index (κ3) is 5.03. The summed E-state index contributed by atoms with van der Waals surface area (Å²) in [7, 11) is 1.62. The van der Waals surface area contributed by atoms with Crippen LogP contribution >= 0.6 is 0 Å². The zero-order valence-corrected chi connectivity index (χ0v) is 14.3. The molecule has 0 aliphatic heterocycles. The molecule has 1 atom stereocenters. The van der Waals surface area contributed by atoms with Crippen LogP contribution in [0.2, 0.25) is 0 Å². The van der Waals surface area contributed by atoms with Crippen molar-refractivity contribution >= 4 is 6.03 Å². The second-order valence-electron chi connectivity index (χ2n) is 5.89. The molecule has 6 nitrogen and oxygen atoms in total. The minimum atomic E-state index is -1.25. The van der Waals surface area contributed by atoms with Gasteiger partial charge in [-0.2, -0.15) is 0 Å². The summed E-state index contributed by atoms with van der Waals surface area (Å²) in [6.07, 6.45) is 0.713. The molecule has 1 aromatic heterocycles. The van der Waals surface area contributed by atoms with Gasteiger partial charge in [0, 0.05) is 6.54 Å². The van der Waals surface area contributed by atoms with Crippen LogP contribution in [-0.2, 0) is 12.0 Å². The number of carbonyl (C=O) groups is 1. The quantitative estimate of drug-likeness (QED) is 0.727. The van der Waals surface area contributed by atoms with Gasteiger partial charge in [-0.15, -0.1) is 0 Å². The topological polar surface area (TPSA) is 83.7 Å². The highest BCUT2D eigenvalue weighted by Crippen LogP contribution is 2.21. The van der Waals surface area contributed by atoms with Crippen molar-refractivity contribution in [2.24, 2.45) is 0 Å². The SMILES string of the molecule is COc1ccc(CCNC(=O)NC[C@](C)(O)c2ccc(C)o2)cc1. The number of aliphatic hydroxyl groups is 1. The van der Waals surface area contributed by atoms with Crippen molar-refractivity contribution < 1.29 is 19.1 Å². The number of methoxy groups -OCH3 is 1. The lowest BCUT2D eigenvalue weighted by molar-refractivity contribution is 0.0360. The van der Waals surface area contributed by atoms with E-state index in [0.29, 0.717) is 24.5 Å². The fourth-order valence-electron chi connectivity index (χ4n) is 2.24. The third-order valence-corrected chi connectivity index (χ3v) is 3.72. The average Bonchev–Trinajstić information content (AvgIpc) is 3.01. The average molecular weight is 332 g/mol. The molecule has 3 N–H and O–H groups in total. The van der Waals surface area contributed by atoms with Gasteiger partial charge in [0.15, 0.2) is 0 Å². The van der Waals surface area contributed by atoms with Gasteiger partial charge in [-0.3, -0.25) is 0 Å². The van der Waals surface area contributed by atoms with Crippen molar-refractivity contribution in [3.05, 3.63) is 53.5 Å². The van der Waals surface area contributed by atoms with E-state index in [-0.39, 0.29) is 12.6 Å². The van der Waals surface area contributed by atoms with Crippen molar-refractivity contribution in [1.82, 2.24) is 10.6 Å². The number of aryl methyl sites for hydroxylation is 1.